The van der Waals surface area contributed by atoms with E-state index in [1.165, 1.54) is 22.3 Å². The molecule has 0 saturated carbocycles. The Bertz CT molecular complexity index is 593. The van der Waals surface area contributed by atoms with E-state index in [0.717, 1.165) is 19.4 Å². The Balaban J connectivity index is 1.69. The van der Waals surface area contributed by atoms with Crippen LogP contribution in [-0.4, -0.2) is 9.78 Å². The van der Waals surface area contributed by atoms with Crippen LogP contribution in [0.4, 0.5) is 0 Å². The topological polar surface area (TPSA) is 65.1 Å². The number of fused-ring (bicyclic) bond motifs is 1. The second kappa shape index (κ2) is 5.75. The fourth-order valence-corrected chi connectivity index (χ4v) is 2.67. The number of hydrazine groups is 1. The first-order valence-electron chi connectivity index (χ1n) is 6.89. The van der Waals surface area contributed by atoms with Crippen molar-refractivity contribution in [2.45, 2.75) is 32.1 Å². The zero-order valence-electron chi connectivity index (χ0n) is 11.7. The zero-order valence-corrected chi connectivity index (χ0v) is 11.7. The first-order chi connectivity index (χ1) is 9.76. The first kappa shape index (κ1) is 13.3. The molecule has 5 heteroatoms. The highest BCUT2D eigenvalue weighted by molar-refractivity contribution is 5.34. The van der Waals surface area contributed by atoms with Crippen molar-refractivity contribution in [1.29, 1.82) is 0 Å². The minimum atomic E-state index is 0.154. The Morgan fingerprint density at radius 2 is 2.25 bits per heavy atom. The maximum Gasteiger partial charge on any atom is 0.0725 e. The van der Waals surface area contributed by atoms with Gasteiger partial charge in [0.25, 0.3) is 0 Å². The molecule has 0 aliphatic carbocycles. The van der Waals surface area contributed by atoms with Gasteiger partial charge in [0, 0.05) is 19.3 Å². The summed E-state index contributed by atoms with van der Waals surface area (Å²) < 4.78 is 7.28. The summed E-state index contributed by atoms with van der Waals surface area (Å²) in [7, 11) is 1.93. The third-order valence-corrected chi connectivity index (χ3v) is 3.83. The minimum absolute atomic E-state index is 0.154. The number of nitrogens with zero attached hydrogens (tertiary/aromatic N) is 2. The van der Waals surface area contributed by atoms with Crippen molar-refractivity contribution in [3.05, 3.63) is 52.8 Å². The van der Waals surface area contributed by atoms with E-state index in [4.69, 9.17) is 10.6 Å². The third-order valence-electron chi connectivity index (χ3n) is 3.83. The largest absolute Gasteiger partial charge is 0.372 e. The maximum absolute atomic E-state index is 5.72. The predicted molar refractivity (Wildman–Crippen MR) is 76.5 cm³/mol. The van der Waals surface area contributed by atoms with Gasteiger partial charge in [-0.15, -0.1) is 0 Å². The molecular formula is C15H20N4O. The van der Waals surface area contributed by atoms with Crippen molar-refractivity contribution in [2.75, 3.05) is 0 Å². The van der Waals surface area contributed by atoms with Crippen molar-refractivity contribution in [2.24, 2.45) is 12.9 Å². The van der Waals surface area contributed by atoms with Crippen LogP contribution in [0.5, 0.6) is 0 Å². The number of nitrogens with one attached hydrogen (secondary N) is 1. The second-order valence-electron chi connectivity index (χ2n) is 5.30. The normalized spacial score (nSPS) is 15.3. The third kappa shape index (κ3) is 2.75. The average molecular weight is 272 g/mol. The highest BCUT2D eigenvalue weighted by atomic mass is 16.5. The summed E-state index contributed by atoms with van der Waals surface area (Å²) in [5.74, 6) is 5.72. The van der Waals surface area contributed by atoms with Gasteiger partial charge in [-0.05, 0) is 35.1 Å². The van der Waals surface area contributed by atoms with Crippen LogP contribution in [0.3, 0.4) is 0 Å². The van der Waals surface area contributed by atoms with Crippen molar-refractivity contribution >= 4 is 0 Å². The Hall–Kier alpha value is -1.69. The van der Waals surface area contributed by atoms with E-state index in [1.807, 2.05) is 24.1 Å². The van der Waals surface area contributed by atoms with Gasteiger partial charge in [-0.2, -0.15) is 5.10 Å². The molecule has 0 fully saturated rings. The van der Waals surface area contributed by atoms with Gasteiger partial charge in [0.15, 0.2) is 0 Å². The fraction of sp³-hybridized carbons (Fsp3) is 0.400. The van der Waals surface area contributed by atoms with E-state index in [0.29, 0.717) is 6.61 Å². The molecule has 0 radical (unpaired) electrons. The Morgan fingerprint density at radius 3 is 3.00 bits per heavy atom. The van der Waals surface area contributed by atoms with Crippen LogP contribution in [0, 0.1) is 0 Å². The smallest absolute Gasteiger partial charge is 0.0725 e. The number of nitrogens with two attached hydrogens (primary N) is 1. The van der Waals surface area contributed by atoms with Crippen LogP contribution < -0.4 is 11.3 Å². The van der Waals surface area contributed by atoms with Gasteiger partial charge in [0.2, 0.25) is 0 Å². The molecule has 1 atom stereocenters. The number of hydrogen-bond acceptors (Lipinski definition) is 4. The number of rotatable bonds is 5. The standard InChI is InChI=1S/C15H20N4O/c1-19-8-11(7-17-19)2-5-15(18-16)12-3-4-13-9-20-10-14(13)6-12/h3-4,6-8,15,18H,2,5,9-10,16H2,1H3. The summed E-state index contributed by atoms with van der Waals surface area (Å²) in [5, 5.41) is 4.19. The van der Waals surface area contributed by atoms with E-state index in [-0.39, 0.29) is 6.04 Å². The van der Waals surface area contributed by atoms with Gasteiger partial charge in [0.05, 0.1) is 19.4 Å². The summed E-state index contributed by atoms with van der Waals surface area (Å²) in [5.41, 5.74) is 7.95. The molecule has 0 saturated heterocycles. The van der Waals surface area contributed by atoms with Crippen LogP contribution in [0.25, 0.3) is 0 Å². The van der Waals surface area contributed by atoms with E-state index >= 15 is 0 Å². The molecule has 3 N–H and O–H groups in total. The molecule has 2 aromatic rings. The molecule has 1 aromatic carbocycles. The quantitative estimate of drug-likeness (QED) is 0.641. The van der Waals surface area contributed by atoms with E-state index < -0.39 is 0 Å². The molecule has 2 heterocycles. The number of aromatic nitrogens is 2. The number of aryl methyl sites for hydroxylation is 2. The fourth-order valence-electron chi connectivity index (χ4n) is 2.67. The minimum Gasteiger partial charge on any atom is -0.372 e. The molecule has 0 bridgehead atoms. The first-order valence-corrected chi connectivity index (χ1v) is 6.89. The SMILES string of the molecule is Cn1cc(CCC(NN)c2ccc3c(c2)COC3)cn1. The van der Waals surface area contributed by atoms with Gasteiger partial charge in [-0.1, -0.05) is 18.2 Å². The molecule has 1 aromatic heterocycles. The van der Waals surface area contributed by atoms with E-state index in [9.17, 15) is 0 Å². The molecule has 1 aliphatic rings. The van der Waals surface area contributed by atoms with Crippen LogP contribution in [-0.2, 0) is 31.4 Å². The lowest BCUT2D eigenvalue weighted by Crippen LogP contribution is -2.28. The Morgan fingerprint density at radius 1 is 1.40 bits per heavy atom. The van der Waals surface area contributed by atoms with Crippen LogP contribution in [0.1, 0.15) is 34.7 Å². The van der Waals surface area contributed by atoms with Gasteiger partial charge >= 0.3 is 0 Å². The van der Waals surface area contributed by atoms with Crippen LogP contribution in [0.2, 0.25) is 0 Å². The Kier molecular flexibility index (Phi) is 3.82. The molecule has 20 heavy (non-hydrogen) atoms. The molecule has 3 rings (SSSR count). The average Bonchev–Trinajstić information content (AvgIpc) is 3.07. The van der Waals surface area contributed by atoms with Crippen molar-refractivity contribution in [3.63, 3.8) is 0 Å². The number of benzene rings is 1. The van der Waals surface area contributed by atoms with Crippen LogP contribution >= 0.6 is 0 Å². The van der Waals surface area contributed by atoms with E-state index in [2.05, 4.69) is 28.7 Å². The molecule has 0 amide bonds. The monoisotopic (exact) mass is 272 g/mol. The molecule has 5 nitrogen and oxygen atoms in total. The molecule has 1 unspecified atom stereocenters. The molecular weight excluding hydrogens is 252 g/mol. The van der Waals surface area contributed by atoms with Gasteiger partial charge in [0.1, 0.15) is 0 Å². The lowest BCUT2D eigenvalue weighted by atomic mass is 9.97. The van der Waals surface area contributed by atoms with Crippen molar-refractivity contribution in [3.8, 4) is 0 Å². The summed E-state index contributed by atoms with van der Waals surface area (Å²) in [6.45, 7) is 1.44. The summed E-state index contributed by atoms with van der Waals surface area (Å²) in [6, 6.07) is 6.64. The summed E-state index contributed by atoms with van der Waals surface area (Å²) in [4.78, 5) is 0. The number of ether oxygens (including phenoxy) is 1. The molecule has 0 spiro atoms. The second-order valence-corrected chi connectivity index (χ2v) is 5.30. The highest BCUT2D eigenvalue weighted by Gasteiger charge is 2.15. The zero-order chi connectivity index (χ0) is 13.9. The number of hydrogen-bond donors (Lipinski definition) is 2. The lowest BCUT2D eigenvalue weighted by Gasteiger charge is -2.16. The predicted octanol–water partition coefficient (Wildman–Crippen LogP) is 1.59. The van der Waals surface area contributed by atoms with Crippen LogP contribution in [0.15, 0.2) is 30.6 Å². The van der Waals surface area contributed by atoms with Gasteiger partial charge in [-0.3, -0.25) is 16.0 Å². The molecule has 1 aliphatic heterocycles. The van der Waals surface area contributed by atoms with E-state index in [1.54, 1.807) is 0 Å². The maximum atomic E-state index is 5.72. The molecule has 106 valence electrons. The lowest BCUT2D eigenvalue weighted by molar-refractivity contribution is 0.134. The Labute approximate surface area is 118 Å². The summed E-state index contributed by atoms with van der Waals surface area (Å²) >= 11 is 0. The summed E-state index contributed by atoms with van der Waals surface area (Å²) in [6.07, 6.45) is 5.85. The van der Waals surface area contributed by atoms with Crippen molar-refractivity contribution in [1.82, 2.24) is 15.2 Å². The van der Waals surface area contributed by atoms with Gasteiger partial charge in [-0.25, -0.2) is 0 Å². The highest BCUT2D eigenvalue weighted by Crippen LogP contribution is 2.25. The van der Waals surface area contributed by atoms with Crippen molar-refractivity contribution < 1.29 is 4.74 Å². The van der Waals surface area contributed by atoms with Gasteiger partial charge < -0.3 is 4.74 Å².